The van der Waals surface area contributed by atoms with Crippen LogP contribution in [0.15, 0.2) is 42.5 Å². The molecule has 0 bridgehead atoms. The molecule has 0 radical (unpaired) electrons. The van der Waals surface area contributed by atoms with Crippen LogP contribution in [0.3, 0.4) is 0 Å². The van der Waals surface area contributed by atoms with Gasteiger partial charge in [0.15, 0.2) is 18.0 Å². The van der Waals surface area contributed by atoms with Crippen molar-refractivity contribution in [2.75, 3.05) is 39.3 Å². The van der Waals surface area contributed by atoms with Gasteiger partial charge < -0.3 is 36.3 Å². The van der Waals surface area contributed by atoms with E-state index in [1.54, 1.807) is 21.3 Å². The second-order valence-corrected chi connectivity index (χ2v) is 7.55. The summed E-state index contributed by atoms with van der Waals surface area (Å²) in [5, 5.41) is 11.9. The standard InChI is InChI=1S/C23H29N2O4.BrH/c1-27-18-10-8-17(9-11-18)23(26)16-24(22-7-5-4-6-14-25(22)23)20-15-19(28-2)12-13-21(20)29-3;/h8-13,15,26H,4-7,14,16H2,1-3H3;1H/q+1;/p-1. The predicted molar refractivity (Wildman–Crippen MR) is 112 cm³/mol. The number of benzene rings is 2. The van der Waals surface area contributed by atoms with Crippen molar-refractivity contribution in [3.8, 4) is 17.2 Å². The largest absolute Gasteiger partial charge is 1.00 e. The first-order valence-corrected chi connectivity index (χ1v) is 10.1. The zero-order valence-electron chi connectivity index (χ0n) is 17.7. The van der Waals surface area contributed by atoms with Crippen molar-refractivity contribution in [2.24, 2.45) is 0 Å². The van der Waals surface area contributed by atoms with Crippen LogP contribution in [0.4, 0.5) is 5.69 Å². The first-order valence-electron chi connectivity index (χ1n) is 10.1. The summed E-state index contributed by atoms with van der Waals surface area (Å²) in [5.74, 6) is 3.44. The summed E-state index contributed by atoms with van der Waals surface area (Å²) >= 11 is 0. The normalized spacial score (nSPS) is 20.9. The number of rotatable bonds is 5. The van der Waals surface area contributed by atoms with E-state index >= 15 is 0 Å². The van der Waals surface area contributed by atoms with Crippen molar-refractivity contribution in [1.29, 1.82) is 0 Å². The molecule has 7 heteroatoms. The van der Waals surface area contributed by atoms with Crippen molar-refractivity contribution < 1.29 is 40.9 Å². The molecule has 0 fully saturated rings. The van der Waals surface area contributed by atoms with Crippen LogP contribution in [0.2, 0.25) is 0 Å². The number of ether oxygens (including phenoxy) is 3. The molecular formula is C23H29BrN2O4. The molecular weight excluding hydrogens is 448 g/mol. The van der Waals surface area contributed by atoms with Crippen LogP contribution in [0.1, 0.15) is 31.2 Å². The predicted octanol–water partition coefficient (Wildman–Crippen LogP) is 0.367. The minimum Gasteiger partial charge on any atom is -1.00 e. The van der Waals surface area contributed by atoms with E-state index in [1.807, 2.05) is 42.5 Å². The van der Waals surface area contributed by atoms with Crippen LogP contribution in [-0.2, 0) is 5.72 Å². The lowest BCUT2D eigenvalue weighted by molar-refractivity contribution is -0.658. The van der Waals surface area contributed by atoms with Crippen LogP contribution in [0.25, 0.3) is 0 Å². The third kappa shape index (κ3) is 3.88. The van der Waals surface area contributed by atoms with Gasteiger partial charge in [0.2, 0.25) is 0 Å². The van der Waals surface area contributed by atoms with Crippen LogP contribution in [-0.4, -0.2) is 49.9 Å². The molecule has 2 aromatic rings. The second kappa shape index (κ2) is 9.27. The maximum Gasteiger partial charge on any atom is 0.271 e. The SMILES string of the molecule is COc1ccc(C2(O)CN(c3cc(OC)ccc3OC)C3=[N+]2CCCCC3)cc1.[Br-]. The third-order valence-corrected chi connectivity index (χ3v) is 5.96. The Balaban J connectivity index is 0.00000256. The van der Waals surface area contributed by atoms with Gasteiger partial charge in [0, 0.05) is 18.1 Å². The molecule has 4 rings (SSSR count). The minimum atomic E-state index is -1.11. The summed E-state index contributed by atoms with van der Waals surface area (Å²) in [6.07, 6.45) is 4.24. The number of hydrogen-bond acceptors (Lipinski definition) is 5. The average molecular weight is 477 g/mol. The number of anilines is 1. The van der Waals surface area contributed by atoms with E-state index in [0.29, 0.717) is 6.54 Å². The number of methoxy groups -OCH3 is 3. The van der Waals surface area contributed by atoms with Gasteiger partial charge in [-0.1, -0.05) is 0 Å². The Morgan fingerprint density at radius 2 is 1.60 bits per heavy atom. The van der Waals surface area contributed by atoms with Gasteiger partial charge in [-0.25, -0.2) is 9.48 Å². The maximum atomic E-state index is 11.9. The molecule has 6 nitrogen and oxygen atoms in total. The van der Waals surface area contributed by atoms with Crippen molar-refractivity contribution >= 4 is 11.5 Å². The van der Waals surface area contributed by atoms with Crippen LogP contribution < -0.4 is 36.1 Å². The zero-order chi connectivity index (χ0) is 20.4. The Labute approximate surface area is 188 Å². The Morgan fingerprint density at radius 3 is 2.27 bits per heavy atom. The quantitative estimate of drug-likeness (QED) is 0.631. The molecule has 1 N–H and O–H groups in total. The van der Waals surface area contributed by atoms with Crippen molar-refractivity contribution in [1.82, 2.24) is 0 Å². The van der Waals surface area contributed by atoms with Crippen molar-refractivity contribution in [2.45, 2.75) is 31.4 Å². The molecule has 2 aliphatic heterocycles. The molecule has 0 aliphatic carbocycles. The lowest BCUT2D eigenvalue weighted by Crippen LogP contribution is -3.00. The van der Waals surface area contributed by atoms with Crippen LogP contribution in [0, 0.1) is 0 Å². The topological polar surface area (TPSA) is 54.2 Å². The molecule has 0 amide bonds. The molecule has 0 spiro atoms. The molecule has 0 saturated heterocycles. The number of β-amino-alcohol motifs (C(OH)–C–C–N with tert-alkyl or cyclic N) is 1. The van der Waals surface area contributed by atoms with E-state index in [-0.39, 0.29) is 17.0 Å². The molecule has 30 heavy (non-hydrogen) atoms. The first-order chi connectivity index (χ1) is 14.1. The Bertz CT molecular complexity index is 916. The lowest BCUT2D eigenvalue weighted by atomic mass is 10.0. The van der Waals surface area contributed by atoms with Gasteiger partial charge in [-0.15, -0.1) is 0 Å². The molecule has 2 aliphatic rings. The number of hydrogen-bond donors (Lipinski definition) is 1. The molecule has 162 valence electrons. The van der Waals surface area contributed by atoms with E-state index < -0.39 is 5.72 Å². The van der Waals surface area contributed by atoms with Crippen molar-refractivity contribution in [3.05, 3.63) is 48.0 Å². The summed E-state index contributed by atoms with van der Waals surface area (Å²) in [6.45, 7) is 1.25. The minimum absolute atomic E-state index is 0. The van der Waals surface area contributed by atoms with Gasteiger partial charge in [0.25, 0.3) is 11.6 Å². The smallest absolute Gasteiger partial charge is 0.271 e. The highest BCUT2D eigenvalue weighted by molar-refractivity contribution is 5.97. The molecule has 0 saturated carbocycles. The first kappa shape index (κ1) is 22.4. The molecule has 1 unspecified atom stereocenters. The Hall–Kier alpha value is -2.25. The van der Waals surface area contributed by atoms with E-state index in [1.165, 1.54) is 0 Å². The number of halogens is 1. The summed E-state index contributed by atoms with van der Waals surface area (Å²) in [6, 6.07) is 13.5. The zero-order valence-corrected chi connectivity index (χ0v) is 19.3. The molecule has 2 heterocycles. The second-order valence-electron chi connectivity index (χ2n) is 7.55. The van der Waals surface area contributed by atoms with Crippen LogP contribution in [0.5, 0.6) is 17.2 Å². The highest BCUT2D eigenvalue weighted by atomic mass is 79.9. The molecule has 1 atom stereocenters. The molecule has 2 aromatic carbocycles. The highest BCUT2D eigenvalue weighted by Gasteiger charge is 2.52. The number of aliphatic hydroxyl groups is 1. The average Bonchev–Trinajstić information content (AvgIpc) is 2.91. The Kier molecular flexibility index (Phi) is 6.93. The van der Waals surface area contributed by atoms with E-state index in [9.17, 15) is 5.11 Å². The van der Waals surface area contributed by atoms with E-state index in [2.05, 4.69) is 9.48 Å². The van der Waals surface area contributed by atoms with Gasteiger partial charge in [-0.3, -0.25) is 0 Å². The summed E-state index contributed by atoms with van der Waals surface area (Å²) in [7, 11) is 4.98. The number of amidine groups is 1. The summed E-state index contributed by atoms with van der Waals surface area (Å²) in [5.41, 5.74) is 0.667. The van der Waals surface area contributed by atoms with E-state index in [4.69, 9.17) is 14.2 Å². The van der Waals surface area contributed by atoms with Gasteiger partial charge in [0.1, 0.15) is 11.5 Å². The monoisotopic (exact) mass is 476 g/mol. The Morgan fingerprint density at radius 1 is 0.900 bits per heavy atom. The fraction of sp³-hybridized carbons (Fsp3) is 0.435. The fourth-order valence-corrected chi connectivity index (χ4v) is 4.41. The summed E-state index contributed by atoms with van der Waals surface area (Å²) in [4.78, 5) is 2.19. The molecule has 0 aromatic heterocycles. The number of nitrogens with zero attached hydrogens (tertiary/aromatic N) is 2. The summed E-state index contributed by atoms with van der Waals surface area (Å²) < 4.78 is 18.6. The highest BCUT2D eigenvalue weighted by Crippen LogP contribution is 2.40. The fourth-order valence-electron chi connectivity index (χ4n) is 4.41. The van der Waals surface area contributed by atoms with E-state index in [0.717, 1.165) is 66.6 Å². The maximum absolute atomic E-state index is 11.9. The van der Waals surface area contributed by atoms with Gasteiger partial charge in [-0.05, 0) is 55.7 Å². The third-order valence-electron chi connectivity index (χ3n) is 5.96. The van der Waals surface area contributed by atoms with Gasteiger partial charge in [-0.2, -0.15) is 0 Å². The lowest BCUT2D eigenvalue weighted by Gasteiger charge is -2.24. The van der Waals surface area contributed by atoms with Gasteiger partial charge in [0.05, 0.1) is 27.9 Å². The van der Waals surface area contributed by atoms with Gasteiger partial charge >= 0.3 is 0 Å². The van der Waals surface area contributed by atoms with Crippen LogP contribution >= 0.6 is 0 Å². The van der Waals surface area contributed by atoms with Crippen molar-refractivity contribution in [3.63, 3.8) is 0 Å².